The number of nitrogens with zero attached hydrogens (tertiary/aromatic N) is 11. The van der Waals surface area contributed by atoms with Crippen LogP contribution in [0.3, 0.4) is 0 Å². The molecule has 2 fully saturated rings. The first-order valence-electron chi connectivity index (χ1n) is 37.3. The van der Waals surface area contributed by atoms with Gasteiger partial charge in [-0.1, -0.05) is 71.1 Å². The van der Waals surface area contributed by atoms with Crippen molar-refractivity contribution in [2.75, 3.05) is 111 Å². The molecule has 6 N–H and O–H groups in total. The Kier molecular flexibility index (Phi) is 41.5. The number of benzene rings is 8. The number of halogens is 4. The first-order valence-corrected chi connectivity index (χ1v) is 47.2. The van der Waals surface area contributed by atoms with Crippen LogP contribution in [0.2, 0.25) is 0 Å². The van der Waals surface area contributed by atoms with Crippen LogP contribution in [-0.4, -0.2) is 154 Å². The van der Waals surface area contributed by atoms with Crippen molar-refractivity contribution >= 4 is 169 Å². The number of aromatic nitrogens is 4. The number of fused-ring (bicyclic) bond motifs is 4. The first-order chi connectivity index (χ1) is 58.5. The molecule has 8 aromatic carbocycles. The number of nitrogens with two attached hydrogens (primary N) is 1. The fourth-order valence-electron chi connectivity index (χ4n) is 13.9. The van der Waals surface area contributed by atoms with Gasteiger partial charge >= 0.3 is 123 Å². The van der Waals surface area contributed by atoms with Gasteiger partial charge in [0, 0.05) is 152 Å². The number of anilines is 4. The predicted octanol–water partition coefficient (Wildman–Crippen LogP) is 7.46. The third-order valence-electron chi connectivity index (χ3n) is 19.2. The molecule has 2 saturated heterocycles. The normalized spacial score (nSPS) is 12.9. The fraction of sp³-hybridized carbons (Fsp3) is 0.265. The van der Waals surface area contributed by atoms with Crippen molar-refractivity contribution in [2.45, 2.75) is 53.9 Å². The summed E-state index contributed by atoms with van der Waals surface area (Å²) in [4.78, 5) is 13.2. The van der Waals surface area contributed by atoms with Gasteiger partial charge in [-0.3, -0.25) is 18.1 Å². The first kappa shape index (κ1) is 105. The van der Waals surface area contributed by atoms with E-state index in [4.69, 9.17) is 68.6 Å². The summed E-state index contributed by atoms with van der Waals surface area (Å²) in [6.07, 6.45) is 0. The molecule has 0 bridgehead atoms. The van der Waals surface area contributed by atoms with Crippen LogP contribution >= 0.6 is 56.5 Å². The molecule has 2 aliphatic rings. The van der Waals surface area contributed by atoms with Crippen LogP contribution in [0.25, 0.3) is 88.6 Å². The molecule has 0 unspecified atom stereocenters. The van der Waals surface area contributed by atoms with Gasteiger partial charge in [-0.2, -0.15) is 68.5 Å². The van der Waals surface area contributed by atoms with Gasteiger partial charge in [-0.05, 0) is 152 Å². The molecule has 0 spiro atoms. The minimum Gasteiger partial charge on any atom is -1.00 e. The number of nitriles is 4. The third-order valence-corrected chi connectivity index (χ3v) is 25.0. The van der Waals surface area contributed by atoms with Crippen molar-refractivity contribution in [3.8, 4) is 92.3 Å². The molecule has 0 aliphatic carbocycles. The van der Waals surface area contributed by atoms with Gasteiger partial charge in [-0.25, -0.2) is 4.72 Å². The van der Waals surface area contributed by atoms with Crippen LogP contribution in [0.4, 0.5) is 22.7 Å². The Hall–Kier alpha value is -7.78. The molecule has 0 radical (unpaired) electrons. The monoisotopic (exact) mass is 1990 g/mol. The summed E-state index contributed by atoms with van der Waals surface area (Å²) in [7, 11) is -1.36. The maximum atomic E-state index is 12.4. The molecular formula is C83H90Cl3IK2N16O15S4. The molecule has 0 saturated carbocycles. The average Bonchev–Trinajstić information content (AvgIpc) is 1.62. The van der Waals surface area contributed by atoms with Crippen molar-refractivity contribution in [3.63, 3.8) is 0 Å². The molecule has 0 amide bonds. The number of rotatable bonds is 23. The molecule has 6 heterocycles. The summed E-state index contributed by atoms with van der Waals surface area (Å²) < 4.78 is 136. The van der Waals surface area contributed by atoms with Crippen LogP contribution in [0.15, 0.2) is 170 Å². The van der Waals surface area contributed by atoms with E-state index < -0.39 is 39.9 Å². The van der Waals surface area contributed by atoms with Crippen molar-refractivity contribution in [3.05, 3.63) is 192 Å². The second-order valence-corrected chi connectivity index (χ2v) is 34.2. The second-order valence-electron chi connectivity index (χ2n) is 25.9. The quantitative estimate of drug-likeness (QED) is 0.00606. The van der Waals surface area contributed by atoms with E-state index in [9.17, 15) is 54.7 Å². The number of hydrogen-bond acceptors (Lipinski definition) is 20. The van der Waals surface area contributed by atoms with Gasteiger partial charge in [0.05, 0.1) is 107 Å². The Labute approximate surface area is 836 Å². The van der Waals surface area contributed by atoms with E-state index in [0.29, 0.717) is 90.8 Å². The van der Waals surface area contributed by atoms with Gasteiger partial charge < -0.3 is 54.5 Å². The van der Waals surface area contributed by atoms with E-state index in [-0.39, 0.29) is 136 Å². The van der Waals surface area contributed by atoms with Gasteiger partial charge in [0.15, 0.2) is 0 Å². The Morgan fingerprint density at radius 3 is 1.06 bits per heavy atom. The summed E-state index contributed by atoms with van der Waals surface area (Å²) in [6.45, 7) is 12.8. The van der Waals surface area contributed by atoms with Gasteiger partial charge in [0.1, 0.15) is 47.3 Å². The Bertz CT molecular complexity index is 6380. The maximum absolute atomic E-state index is 12.4. The smallest absolute Gasteiger partial charge is 1.00 e. The van der Waals surface area contributed by atoms with Crippen molar-refractivity contribution in [2.24, 2.45) is 0 Å². The van der Waals surface area contributed by atoms with Crippen LogP contribution in [0.1, 0.15) is 51.4 Å². The summed E-state index contributed by atoms with van der Waals surface area (Å²) in [6, 6.07) is 61.3. The summed E-state index contributed by atoms with van der Waals surface area (Å²) in [5, 5.41) is 51.1. The molecule has 31 nitrogen and oxygen atoms in total. The SMILES string of the molecule is CCn1c(-c2ccc(N)cc2)c(C#N)c2ccc(OC)cc21.CCn1c(-c2ccc(N3CCN(C)S3(=O)=O)cc2)c(C#N)c2ccc(OC)cc21.CCn1c(-c2ccc(N3CCNS3(=O)=O)cc2)c(C#N)c2ccc(OC)cc21.CCn1c(-c2ccc(NS(=O)(=O)NCCCl)cc2)c(C#N)c2ccc(OC)cc21.CI.O=CO[O-].O=S(=O)(Cl)NCCCl.[H-].[K+].[K+]. The Balaban J connectivity index is 0.000000280. The molecular weight excluding hydrogens is 1900 g/mol. The minimum absolute atomic E-state index is 0. The number of likely N-dealkylation sites (N-methyl/N-ethyl adjacent to an activating group) is 1. The third kappa shape index (κ3) is 25.0. The van der Waals surface area contributed by atoms with Crippen LogP contribution in [0, 0.1) is 45.3 Å². The predicted molar refractivity (Wildman–Crippen MR) is 488 cm³/mol. The standard InChI is InChI=1S/C21H22N4O3S.C20H21ClN4O3S.C20H20N4O3S.C18H17N3O.C2H5Cl2NO2S.CH3I.CH2O3.2K.H/c1-4-24-20-13-17(28-3)9-10-18(20)19(14-22)21(24)15-5-7-16(8-6-15)25-12-11-23(2)29(25,26)27;1-3-25-19-12-16(28-2)8-9-17(19)18(13-22)20(25)14-4-6-15(7-5-14)24-29(26,27)23-11-10-21;1-3-23-19-12-16(27-2)8-9-17(19)18(13-21)20(23)14-4-6-15(7-5-14)24-11-10-22-28(24,25)26;1-3-21-17-10-14(22-2)8-9-15(17)16(11-19)18(21)12-4-6-13(20)7-5-12;3-1-2-5-8(4,6)7;1-2;2-1-4-3;;;/h5-10,13H,4,11-12H2,1-3H3;4-9,12,23-24H,3,10-11H2,1-2H3;4-9,12,22H,3,10-11H2,1-2H3;4-10H,3,20H2,1-2H3;5H,1-2H2;1H3;1,3H;;;/q;;;;;;;2*+1;-1/p-1. The number of nitrogen functional groups attached to an aromatic ring is 1. The molecule has 646 valence electrons. The summed E-state index contributed by atoms with van der Waals surface area (Å²) in [5.74, 6) is 3.38. The summed E-state index contributed by atoms with van der Waals surface area (Å²) >= 11 is 12.8. The molecule has 2 aliphatic heterocycles. The topological polar surface area (TPSA) is 422 Å². The van der Waals surface area contributed by atoms with Crippen LogP contribution in [0.5, 0.6) is 23.0 Å². The molecule has 4 aromatic heterocycles. The zero-order chi connectivity index (χ0) is 89.4. The number of hydrogen-bond donors (Lipinski definition) is 5. The van der Waals surface area contributed by atoms with Crippen molar-refractivity contribution < 1.29 is 172 Å². The number of ether oxygens (including phenoxy) is 4. The van der Waals surface area contributed by atoms with Crippen molar-refractivity contribution in [1.82, 2.24) is 36.7 Å². The Morgan fingerprint density at radius 2 is 0.815 bits per heavy atom. The Morgan fingerprint density at radius 1 is 0.508 bits per heavy atom. The van der Waals surface area contributed by atoms with Gasteiger partial charge in [0.2, 0.25) is 0 Å². The fourth-order valence-corrected chi connectivity index (χ4v) is 18.3. The molecule has 14 rings (SSSR count). The van der Waals surface area contributed by atoms with Crippen LogP contribution in [-0.2, 0) is 75.7 Å². The summed E-state index contributed by atoms with van der Waals surface area (Å²) in [5.41, 5.74) is 21.3. The van der Waals surface area contributed by atoms with Crippen LogP contribution < -0.4 is 160 Å². The average molecular weight is 1990 g/mol. The van der Waals surface area contributed by atoms with E-state index in [1.165, 1.54) is 12.9 Å². The molecule has 124 heavy (non-hydrogen) atoms. The van der Waals surface area contributed by atoms with E-state index in [1.807, 2.05) is 152 Å². The minimum atomic E-state index is -3.68. The van der Waals surface area contributed by atoms with E-state index >= 15 is 0 Å². The molecule has 12 aromatic rings. The van der Waals surface area contributed by atoms with E-state index in [0.717, 1.165) is 118 Å². The van der Waals surface area contributed by atoms with E-state index in [2.05, 4.69) is 91.1 Å². The van der Waals surface area contributed by atoms with Crippen molar-refractivity contribution in [1.29, 1.82) is 21.0 Å². The van der Waals surface area contributed by atoms with Gasteiger partial charge in [0.25, 0.3) is 25.9 Å². The zero-order valence-corrected chi connectivity index (χ0v) is 83.9. The number of carbonyl (C=O) groups is 1. The number of alkyl halides is 3. The van der Waals surface area contributed by atoms with Gasteiger partial charge in [-0.15, -0.1) is 23.2 Å². The molecule has 0 atom stereocenters. The van der Waals surface area contributed by atoms with E-state index in [1.54, 1.807) is 84.0 Å². The number of methoxy groups -OCH3 is 4. The largest absolute Gasteiger partial charge is 1.00 e. The number of nitrogens with one attached hydrogen (secondary N) is 4. The molecule has 41 heteroatoms. The number of carbonyl (C=O) groups excluding carboxylic acids is 1. The number of aryl methyl sites for hydroxylation is 4. The zero-order valence-electron chi connectivity index (χ0n) is 71.0. The second kappa shape index (κ2) is 49.0. The maximum Gasteiger partial charge on any atom is 1.00 e.